The lowest BCUT2D eigenvalue weighted by molar-refractivity contribution is -0.384. The number of carbonyl (C=O) groups is 1. The second-order valence-corrected chi connectivity index (χ2v) is 7.25. The Morgan fingerprint density at radius 1 is 1.19 bits per heavy atom. The van der Waals surface area contributed by atoms with Crippen molar-refractivity contribution in [3.63, 3.8) is 0 Å². The molecule has 1 aromatic heterocycles. The van der Waals surface area contributed by atoms with Crippen molar-refractivity contribution in [2.45, 2.75) is 19.3 Å². The van der Waals surface area contributed by atoms with Crippen LogP contribution in [0.2, 0.25) is 0 Å². The first-order valence-corrected chi connectivity index (χ1v) is 8.79. The Morgan fingerprint density at radius 3 is 2.56 bits per heavy atom. The van der Waals surface area contributed by atoms with Gasteiger partial charge in [-0.2, -0.15) is 0 Å². The number of fused-ring (bicyclic) bond motifs is 1. The van der Waals surface area contributed by atoms with E-state index in [1.807, 2.05) is 0 Å². The van der Waals surface area contributed by atoms with Gasteiger partial charge in [-0.1, -0.05) is 0 Å². The second kappa shape index (κ2) is 7.28. The fraction of sp³-hybridized carbons (Fsp3) is 0.444. The molecule has 2 saturated heterocycles. The van der Waals surface area contributed by atoms with E-state index in [1.165, 1.54) is 24.3 Å². The summed E-state index contributed by atoms with van der Waals surface area (Å²) in [4.78, 5) is 39.9. The Kier molecular flexibility index (Phi) is 5.21. The zero-order valence-electron chi connectivity index (χ0n) is 14.7. The third-order valence-corrected chi connectivity index (χ3v) is 5.71. The van der Waals surface area contributed by atoms with Crippen molar-refractivity contribution in [3.8, 4) is 0 Å². The van der Waals surface area contributed by atoms with Crippen LogP contribution >= 0.6 is 12.4 Å². The van der Waals surface area contributed by atoms with Crippen molar-refractivity contribution < 1.29 is 9.72 Å². The topological polar surface area (TPSA) is 108 Å². The van der Waals surface area contributed by atoms with E-state index in [1.54, 1.807) is 4.90 Å². The summed E-state index contributed by atoms with van der Waals surface area (Å²) in [7, 11) is 0. The van der Waals surface area contributed by atoms with Gasteiger partial charge in [0.2, 0.25) is 5.56 Å². The molecular weight excluding hydrogens is 372 g/mol. The van der Waals surface area contributed by atoms with Crippen LogP contribution in [0.3, 0.4) is 0 Å². The number of pyridine rings is 1. The second-order valence-electron chi connectivity index (χ2n) is 7.25. The van der Waals surface area contributed by atoms with Gasteiger partial charge in [-0.05, 0) is 37.3 Å². The van der Waals surface area contributed by atoms with Crippen LogP contribution in [0.5, 0.6) is 0 Å². The van der Waals surface area contributed by atoms with Gasteiger partial charge < -0.3 is 15.2 Å². The summed E-state index contributed by atoms with van der Waals surface area (Å²) in [5, 5.41) is 14.9. The number of likely N-dealkylation sites (tertiary alicyclic amines) is 1. The predicted molar refractivity (Wildman–Crippen MR) is 104 cm³/mol. The number of aromatic amines is 1. The maximum Gasteiger partial charge on any atom is 0.270 e. The lowest BCUT2D eigenvalue weighted by Crippen LogP contribution is -2.44. The van der Waals surface area contributed by atoms with Gasteiger partial charge >= 0.3 is 0 Å². The molecule has 27 heavy (non-hydrogen) atoms. The molecule has 0 radical (unpaired) electrons. The monoisotopic (exact) mass is 392 g/mol. The first kappa shape index (κ1) is 19.3. The first-order chi connectivity index (χ1) is 12.5. The van der Waals surface area contributed by atoms with E-state index < -0.39 is 4.92 Å². The smallest absolute Gasteiger partial charge is 0.270 e. The summed E-state index contributed by atoms with van der Waals surface area (Å²) in [5.41, 5.74) is 0.454. The number of halogens is 1. The molecule has 1 aromatic carbocycles. The van der Waals surface area contributed by atoms with Crippen molar-refractivity contribution in [2.24, 2.45) is 5.41 Å². The standard InChI is InChI=1S/C18H20N4O4.ClH/c23-16-10-14(13-9-12(22(25)26)1-2-15(13)20-16)17(24)21-7-4-18(5-8-21)3-6-19-11-18;/h1-2,9-10,19H,3-8,11H2,(H,20,23);1H. The van der Waals surface area contributed by atoms with Gasteiger partial charge in [0.05, 0.1) is 10.5 Å². The number of hydrogen-bond donors (Lipinski definition) is 2. The molecule has 2 aromatic rings. The Labute approximate surface area is 161 Å². The van der Waals surface area contributed by atoms with Gasteiger partial charge in [0.25, 0.3) is 11.6 Å². The molecular formula is C18H21ClN4O4. The molecule has 2 aliphatic heterocycles. The van der Waals surface area contributed by atoms with Crippen LogP contribution in [-0.2, 0) is 0 Å². The Bertz CT molecular complexity index is 942. The van der Waals surface area contributed by atoms with Gasteiger partial charge in [0, 0.05) is 48.7 Å². The summed E-state index contributed by atoms with van der Waals surface area (Å²) < 4.78 is 0. The number of nitro groups is 1. The van der Waals surface area contributed by atoms with E-state index in [9.17, 15) is 19.7 Å². The normalized spacial score (nSPS) is 18.4. The van der Waals surface area contributed by atoms with Crippen LogP contribution in [0.25, 0.3) is 10.9 Å². The minimum absolute atomic E-state index is 0. The fourth-order valence-corrected chi connectivity index (χ4v) is 4.11. The Hall–Kier alpha value is -2.45. The van der Waals surface area contributed by atoms with Crippen molar-refractivity contribution in [1.82, 2.24) is 15.2 Å². The number of H-pyrrole nitrogens is 1. The minimum Gasteiger partial charge on any atom is -0.339 e. The van der Waals surface area contributed by atoms with Crippen molar-refractivity contribution >= 4 is 34.9 Å². The van der Waals surface area contributed by atoms with Gasteiger partial charge in [-0.25, -0.2) is 0 Å². The van der Waals surface area contributed by atoms with E-state index in [4.69, 9.17) is 0 Å². The highest BCUT2D eigenvalue weighted by Gasteiger charge is 2.38. The molecule has 0 unspecified atom stereocenters. The molecule has 0 bridgehead atoms. The number of nitrogens with zero attached hydrogens (tertiary/aromatic N) is 2. The molecule has 3 heterocycles. The average Bonchev–Trinajstić information content (AvgIpc) is 3.08. The minimum atomic E-state index is -0.503. The highest BCUT2D eigenvalue weighted by Crippen LogP contribution is 2.37. The zero-order chi connectivity index (χ0) is 18.3. The molecule has 0 atom stereocenters. The van der Waals surface area contributed by atoms with Crippen molar-refractivity contribution in [1.29, 1.82) is 0 Å². The lowest BCUT2D eigenvalue weighted by Gasteiger charge is -2.39. The highest BCUT2D eigenvalue weighted by atomic mass is 35.5. The first-order valence-electron chi connectivity index (χ1n) is 8.79. The van der Waals surface area contributed by atoms with Crippen LogP contribution in [0, 0.1) is 15.5 Å². The molecule has 0 saturated carbocycles. The third kappa shape index (κ3) is 3.54. The number of carbonyl (C=O) groups excluding carboxylic acids is 1. The molecule has 2 N–H and O–H groups in total. The number of non-ortho nitro benzene ring substituents is 1. The van der Waals surface area contributed by atoms with E-state index in [0.29, 0.717) is 24.0 Å². The van der Waals surface area contributed by atoms with E-state index in [0.717, 1.165) is 32.4 Å². The quantitative estimate of drug-likeness (QED) is 0.600. The van der Waals surface area contributed by atoms with Gasteiger partial charge in [-0.15, -0.1) is 12.4 Å². The van der Waals surface area contributed by atoms with Crippen molar-refractivity contribution in [2.75, 3.05) is 26.2 Å². The fourth-order valence-electron chi connectivity index (χ4n) is 4.11. The SMILES string of the molecule is Cl.O=C(c1cc(=O)[nH]c2ccc([N+](=O)[O-])cc12)N1CCC2(CCNC2)CC1. The number of piperidine rings is 1. The van der Waals surface area contributed by atoms with Crippen LogP contribution < -0.4 is 10.9 Å². The maximum atomic E-state index is 13.0. The van der Waals surface area contributed by atoms with E-state index >= 15 is 0 Å². The Morgan fingerprint density at radius 2 is 1.93 bits per heavy atom. The van der Waals surface area contributed by atoms with Crippen LogP contribution in [0.1, 0.15) is 29.6 Å². The van der Waals surface area contributed by atoms with Crippen LogP contribution in [0.15, 0.2) is 29.1 Å². The number of rotatable bonds is 2. The lowest BCUT2D eigenvalue weighted by atomic mass is 9.77. The summed E-state index contributed by atoms with van der Waals surface area (Å²) in [5.74, 6) is -0.234. The predicted octanol–water partition coefficient (Wildman–Crippen LogP) is 2.07. The molecule has 1 spiro atoms. The highest BCUT2D eigenvalue weighted by molar-refractivity contribution is 6.06. The third-order valence-electron chi connectivity index (χ3n) is 5.71. The summed E-state index contributed by atoms with van der Waals surface area (Å²) in [6, 6.07) is 5.39. The molecule has 2 fully saturated rings. The van der Waals surface area contributed by atoms with Crippen LogP contribution in [-0.4, -0.2) is 46.9 Å². The van der Waals surface area contributed by atoms with Crippen LogP contribution in [0.4, 0.5) is 5.69 Å². The number of benzene rings is 1. The molecule has 2 aliphatic rings. The molecule has 8 nitrogen and oxygen atoms in total. The number of amides is 1. The van der Waals surface area contributed by atoms with E-state index in [-0.39, 0.29) is 40.5 Å². The number of hydrogen-bond acceptors (Lipinski definition) is 5. The van der Waals surface area contributed by atoms with Crippen molar-refractivity contribution in [3.05, 3.63) is 50.3 Å². The molecule has 4 rings (SSSR count). The van der Waals surface area contributed by atoms with Gasteiger partial charge in [0.1, 0.15) is 0 Å². The number of nitrogens with one attached hydrogen (secondary N) is 2. The van der Waals surface area contributed by atoms with Gasteiger partial charge in [0.15, 0.2) is 0 Å². The molecule has 144 valence electrons. The summed E-state index contributed by atoms with van der Waals surface area (Å²) >= 11 is 0. The largest absolute Gasteiger partial charge is 0.339 e. The summed E-state index contributed by atoms with van der Waals surface area (Å²) in [6.45, 7) is 3.30. The average molecular weight is 393 g/mol. The Balaban J connectivity index is 0.00000210. The summed E-state index contributed by atoms with van der Waals surface area (Å²) in [6.07, 6.45) is 3.01. The molecule has 0 aliphatic carbocycles. The maximum absolute atomic E-state index is 13.0. The molecule has 1 amide bonds. The number of nitro benzene ring substituents is 1. The number of aromatic nitrogens is 1. The molecule has 9 heteroatoms. The van der Waals surface area contributed by atoms with Gasteiger partial charge in [-0.3, -0.25) is 19.7 Å². The van der Waals surface area contributed by atoms with E-state index in [2.05, 4.69) is 10.3 Å². The zero-order valence-corrected chi connectivity index (χ0v) is 15.5.